The van der Waals surface area contributed by atoms with Crippen LogP contribution in [0.4, 0.5) is 0 Å². The minimum absolute atomic E-state index is 0.0459. The molecule has 0 fully saturated rings. The lowest BCUT2D eigenvalue weighted by atomic mass is 9.60. The molecule has 0 bridgehead atoms. The van der Waals surface area contributed by atoms with Gasteiger partial charge in [0.15, 0.2) is 5.60 Å². The Bertz CT molecular complexity index is 621. The Labute approximate surface area is 219 Å². The van der Waals surface area contributed by atoms with Crippen molar-refractivity contribution >= 4 is 17.9 Å². The summed E-state index contributed by atoms with van der Waals surface area (Å²) in [6, 6.07) is 0. The molecular weight excluding hydrogens is 460 g/mol. The van der Waals surface area contributed by atoms with Gasteiger partial charge in [0.05, 0.1) is 5.92 Å². The average molecular weight is 515 g/mol. The largest absolute Gasteiger partial charge is 0.481 e. The van der Waals surface area contributed by atoms with Crippen molar-refractivity contribution in [2.24, 2.45) is 11.3 Å². The molecule has 36 heavy (non-hydrogen) atoms. The molecule has 0 saturated carbocycles. The molecule has 0 amide bonds. The second-order valence-corrected chi connectivity index (χ2v) is 10.6. The van der Waals surface area contributed by atoms with Crippen LogP contribution in [0.5, 0.6) is 0 Å². The van der Waals surface area contributed by atoms with Crippen LogP contribution in [0.25, 0.3) is 0 Å². The van der Waals surface area contributed by atoms with Crippen LogP contribution in [0.2, 0.25) is 0 Å². The van der Waals surface area contributed by atoms with Gasteiger partial charge in [0.2, 0.25) is 0 Å². The minimum Gasteiger partial charge on any atom is -0.481 e. The van der Waals surface area contributed by atoms with Crippen LogP contribution in [0.15, 0.2) is 0 Å². The molecule has 0 aromatic carbocycles. The summed E-state index contributed by atoms with van der Waals surface area (Å²) in [5.74, 6) is -6.28. The SMILES string of the molecule is CCCCCCCCCCCCC(CCC)(C(=O)O)C(O)(C(=O)O)C(CCCCCCCC)C(=O)O. The fourth-order valence-corrected chi connectivity index (χ4v) is 5.55. The Balaban J connectivity index is 5.41. The van der Waals surface area contributed by atoms with Gasteiger partial charge in [-0.3, -0.25) is 9.59 Å². The summed E-state index contributed by atoms with van der Waals surface area (Å²) >= 11 is 0. The number of aliphatic hydroxyl groups is 1. The van der Waals surface area contributed by atoms with Crippen LogP contribution in [-0.2, 0) is 14.4 Å². The monoisotopic (exact) mass is 514 g/mol. The average Bonchev–Trinajstić information content (AvgIpc) is 2.83. The third kappa shape index (κ3) is 10.8. The highest BCUT2D eigenvalue weighted by Crippen LogP contribution is 2.47. The van der Waals surface area contributed by atoms with Crippen molar-refractivity contribution in [2.75, 3.05) is 0 Å². The van der Waals surface area contributed by atoms with E-state index in [-0.39, 0.29) is 19.3 Å². The molecule has 0 saturated heterocycles. The molecule has 3 atom stereocenters. The molecule has 0 aliphatic heterocycles. The van der Waals surface area contributed by atoms with Crippen molar-refractivity contribution in [1.29, 1.82) is 0 Å². The van der Waals surface area contributed by atoms with Crippen molar-refractivity contribution in [3.63, 3.8) is 0 Å². The number of carboxylic acids is 3. The predicted molar refractivity (Wildman–Crippen MR) is 143 cm³/mol. The quantitative estimate of drug-likeness (QED) is 0.0931. The summed E-state index contributed by atoms with van der Waals surface area (Å²) in [5.41, 5.74) is -4.91. The lowest BCUT2D eigenvalue weighted by molar-refractivity contribution is -0.207. The zero-order chi connectivity index (χ0) is 27.5. The lowest BCUT2D eigenvalue weighted by Gasteiger charge is -2.44. The van der Waals surface area contributed by atoms with Crippen LogP contribution in [0.3, 0.4) is 0 Å². The molecule has 0 aromatic rings. The van der Waals surface area contributed by atoms with Crippen LogP contribution in [0, 0.1) is 11.3 Å². The molecule has 7 heteroatoms. The Morgan fingerprint density at radius 1 is 0.556 bits per heavy atom. The van der Waals surface area contributed by atoms with Crippen LogP contribution >= 0.6 is 0 Å². The highest BCUT2D eigenvalue weighted by molar-refractivity contribution is 5.93. The van der Waals surface area contributed by atoms with Gasteiger partial charge in [0.25, 0.3) is 0 Å². The smallest absolute Gasteiger partial charge is 0.337 e. The Kier molecular flexibility index (Phi) is 18.6. The molecular formula is C29H54O7. The van der Waals surface area contributed by atoms with Gasteiger partial charge in [-0.2, -0.15) is 0 Å². The Morgan fingerprint density at radius 3 is 1.33 bits per heavy atom. The van der Waals surface area contributed by atoms with Gasteiger partial charge in [0, 0.05) is 0 Å². The molecule has 3 unspecified atom stereocenters. The lowest BCUT2D eigenvalue weighted by Crippen LogP contribution is -2.64. The Morgan fingerprint density at radius 2 is 0.972 bits per heavy atom. The van der Waals surface area contributed by atoms with Gasteiger partial charge in [0.1, 0.15) is 5.41 Å². The molecule has 4 N–H and O–H groups in total. The summed E-state index contributed by atoms with van der Waals surface area (Å²) in [6.45, 7) is 6.03. The summed E-state index contributed by atoms with van der Waals surface area (Å²) in [4.78, 5) is 37.3. The van der Waals surface area contributed by atoms with Gasteiger partial charge < -0.3 is 20.4 Å². The first-order valence-corrected chi connectivity index (χ1v) is 14.6. The zero-order valence-corrected chi connectivity index (χ0v) is 23.2. The topological polar surface area (TPSA) is 132 Å². The van der Waals surface area contributed by atoms with Crippen molar-refractivity contribution in [3.8, 4) is 0 Å². The number of carbonyl (C=O) groups is 3. The van der Waals surface area contributed by atoms with Gasteiger partial charge >= 0.3 is 17.9 Å². The molecule has 0 aliphatic rings. The van der Waals surface area contributed by atoms with Crippen molar-refractivity contribution in [3.05, 3.63) is 0 Å². The van der Waals surface area contributed by atoms with E-state index in [9.17, 15) is 34.8 Å². The van der Waals surface area contributed by atoms with E-state index in [0.29, 0.717) is 19.3 Å². The van der Waals surface area contributed by atoms with E-state index in [1.165, 1.54) is 32.1 Å². The van der Waals surface area contributed by atoms with E-state index in [1.807, 2.05) is 0 Å². The molecule has 0 aromatic heterocycles. The fourth-order valence-electron chi connectivity index (χ4n) is 5.55. The zero-order valence-electron chi connectivity index (χ0n) is 23.2. The molecule has 0 radical (unpaired) electrons. The van der Waals surface area contributed by atoms with Crippen LogP contribution < -0.4 is 0 Å². The number of hydrogen-bond acceptors (Lipinski definition) is 4. The number of rotatable bonds is 25. The first-order valence-electron chi connectivity index (χ1n) is 14.6. The number of hydrogen-bond donors (Lipinski definition) is 4. The molecule has 0 aliphatic carbocycles. The second kappa shape index (κ2) is 19.5. The number of aliphatic carboxylic acids is 3. The molecule has 0 heterocycles. The van der Waals surface area contributed by atoms with E-state index >= 15 is 0 Å². The van der Waals surface area contributed by atoms with E-state index in [1.54, 1.807) is 6.92 Å². The van der Waals surface area contributed by atoms with Crippen molar-refractivity contribution in [2.45, 2.75) is 155 Å². The molecule has 0 spiro atoms. The minimum atomic E-state index is -2.87. The third-order valence-electron chi connectivity index (χ3n) is 7.75. The summed E-state index contributed by atoms with van der Waals surface area (Å²) in [6.07, 6.45) is 15.8. The van der Waals surface area contributed by atoms with Gasteiger partial charge in [-0.05, 0) is 19.3 Å². The second-order valence-electron chi connectivity index (χ2n) is 10.6. The van der Waals surface area contributed by atoms with E-state index in [0.717, 1.165) is 57.8 Å². The van der Waals surface area contributed by atoms with Crippen LogP contribution in [0.1, 0.15) is 149 Å². The third-order valence-corrected chi connectivity index (χ3v) is 7.75. The van der Waals surface area contributed by atoms with E-state index in [4.69, 9.17) is 0 Å². The summed E-state index contributed by atoms with van der Waals surface area (Å²) in [7, 11) is 0. The summed E-state index contributed by atoms with van der Waals surface area (Å²) in [5, 5.41) is 41.9. The molecule has 7 nitrogen and oxygen atoms in total. The first-order chi connectivity index (χ1) is 17.2. The van der Waals surface area contributed by atoms with E-state index < -0.39 is 34.8 Å². The molecule has 0 rings (SSSR count). The van der Waals surface area contributed by atoms with Crippen molar-refractivity contribution < 1.29 is 34.8 Å². The highest BCUT2D eigenvalue weighted by atomic mass is 16.4. The number of carboxylic acid groups (broad SMARTS) is 3. The maximum atomic E-state index is 12.6. The van der Waals surface area contributed by atoms with Gasteiger partial charge in [-0.1, -0.05) is 130 Å². The Hall–Kier alpha value is -1.63. The van der Waals surface area contributed by atoms with E-state index in [2.05, 4.69) is 13.8 Å². The predicted octanol–water partition coefficient (Wildman–Crippen LogP) is 7.44. The first kappa shape index (κ1) is 34.4. The van der Waals surface area contributed by atoms with Crippen molar-refractivity contribution in [1.82, 2.24) is 0 Å². The van der Waals surface area contributed by atoms with Gasteiger partial charge in [-0.15, -0.1) is 0 Å². The molecule has 212 valence electrons. The van der Waals surface area contributed by atoms with Crippen LogP contribution in [-0.4, -0.2) is 43.9 Å². The van der Waals surface area contributed by atoms with Gasteiger partial charge in [-0.25, -0.2) is 4.79 Å². The fraction of sp³-hybridized carbons (Fsp3) is 0.897. The highest BCUT2D eigenvalue weighted by Gasteiger charge is 2.65. The maximum absolute atomic E-state index is 12.6. The normalized spacial score (nSPS) is 15.7. The summed E-state index contributed by atoms with van der Waals surface area (Å²) < 4.78 is 0. The maximum Gasteiger partial charge on any atom is 0.337 e. The number of unbranched alkanes of at least 4 members (excludes halogenated alkanes) is 14. The standard InChI is InChI=1S/C29H54O7/c1-4-7-9-11-13-14-15-16-18-20-23-28(22-6-3,26(32)33)29(36,27(34)35)24(25(30)31)21-19-17-12-10-8-5-2/h24,36H,4-23H2,1-3H3,(H,30,31)(H,32,33)(H,34,35).